The van der Waals surface area contributed by atoms with Gasteiger partial charge in [0.15, 0.2) is 5.13 Å². The Balaban J connectivity index is 1.94. The first-order chi connectivity index (χ1) is 13.7. The van der Waals surface area contributed by atoms with Crippen LogP contribution in [0.2, 0.25) is 0 Å². The molecular weight excluding hydrogens is 382 g/mol. The maximum absolute atomic E-state index is 13.4. The van der Waals surface area contributed by atoms with Crippen LogP contribution in [0.1, 0.15) is 35.3 Å². The van der Waals surface area contributed by atoms with Gasteiger partial charge >= 0.3 is 0 Å². The molecule has 0 unspecified atom stereocenters. The Morgan fingerprint density at radius 3 is 2.41 bits per heavy atom. The van der Waals surface area contributed by atoms with Gasteiger partial charge in [0, 0.05) is 18.7 Å². The van der Waals surface area contributed by atoms with E-state index in [-0.39, 0.29) is 12.0 Å². The van der Waals surface area contributed by atoms with Crippen molar-refractivity contribution in [2.75, 3.05) is 32.1 Å². The maximum atomic E-state index is 13.4. The molecular formula is C23H29N3O2S. The zero-order chi connectivity index (χ0) is 21.1. The highest BCUT2D eigenvalue weighted by Crippen LogP contribution is 2.32. The molecule has 1 heterocycles. The van der Waals surface area contributed by atoms with Crippen molar-refractivity contribution in [1.29, 1.82) is 0 Å². The quantitative estimate of drug-likeness (QED) is 0.554. The van der Waals surface area contributed by atoms with E-state index in [9.17, 15) is 4.79 Å². The Morgan fingerprint density at radius 2 is 1.79 bits per heavy atom. The number of rotatable bonds is 7. The van der Waals surface area contributed by atoms with Crippen molar-refractivity contribution in [2.45, 2.75) is 33.8 Å². The molecule has 154 valence electrons. The van der Waals surface area contributed by atoms with E-state index in [0.717, 1.165) is 33.2 Å². The van der Waals surface area contributed by atoms with Gasteiger partial charge in [-0.2, -0.15) is 0 Å². The molecule has 0 spiro atoms. The van der Waals surface area contributed by atoms with E-state index in [2.05, 4.69) is 30.9 Å². The highest BCUT2D eigenvalue weighted by molar-refractivity contribution is 7.22. The third-order valence-corrected chi connectivity index (χ3v) is 5.56. The number of benzene rings is 2. The van der Waals surface area contributed by atoms with Crippen LogP contribution < -0.4 is 9.64 Å². The number of aromatic nitrogens is 1. The van der Waals surface area contributed by atoms with Gasteiger partial charge in [-0.1, -0.05) is 17.4 Å². The second-order valence-electron chi connectivity index (χ2n) is 7.88. The number of thiazole rings is 1. The summed E-state index contributed by atoms with van der Waals surface area (Å²) < 4.78 is 6.81. The molecule has 3 rings (SSSR count). The number of fused-ring (bicyclic) bond motifs is 1. The Kier molecular flexibility index (Phi) is 6.55. The number of hydrogen-bond donors (Lipinski definition) is 0. The smallest absolute Gasteiger partial charge is 0.260 e. The lowest BCUT2D eigenvalue weighted by Gasteiger charge is -2.22. The summed E-state index contributed by atoms with van der Waals surface area (Å²) in [5.74, 6) is 0.721. The lowest BCUT2D eigenvalue weighted by atomic mass is 10.1. The summed E-state index contributed by atoms with van der Waals surface area (Å²) in [5, 5.41) is 0.739. The van der Waals surface area contributed by atoms with Gasteiger partial charge in [-0.3, -0.25) is 9.69 Å². The third kappa shape index (κ3) is 5.14. The number of anilines is 1. The molecule has 1 amide bonds. The number of ether oxygens (including phenoxy) is 1. The lowest BCUT2D eigenvalue weighted by Crippen LogP contribution is -2.36. The minimum atomic E-state index is -0.0450. The van der Waals surface area contributed by atoms with Crippen molar-refractivity contribution in [3.05, 3.63) is 53.1 Å². The second-order valence-corrected chi connectivity index (χ2v) is 8.89. The molecule has 0 bridgehead atoms. The summed E-state index contributed by atoms with van der Waals surface area (Å²) in [5.41, 5.74) is 3.95. The number of likely N-dealkylation sites (N-methyl/N-ethyl adjacent to an activating group) is 1. The van der Waals surface area contributed by atoms with Crippen LogP contribution in [0.3, 0.4) is 0 Å². The molecule has 6 heteroatoms. The number of carbonyl (C=O) groups excluding carboxylic acids is 1. The van der Waals surface area contributed by atoms with Crippen molar-refractivity contribution in [3.8, 4) is 5.75 Å². The number of hydrogen-bond acceptors (Lipinski definition) is 5. The number of nitrogens with zero attached hydrogens (tertiary/aromatic N) is 3. The third-order valence-electron chi connectivity index (χ3n) is 4.54. The van der Waals surface area contributed by atoms with E-state index in [4.69, 9.17) is 9.72 Å². The van der Waals surface area contributed by atoms with Gasteiger partial charge in [-0.05, 0) is 83.2 Å². The molecule has 0 aliphatic heterocycles. The predicted molar refractivity (Wildman–Crippen MR) is 122 cm³/mol. The van der Waals surface area contributed by atoms with Crippen molar-refractivity contribution in [1.82, 2.24) is 9.88 Å². The second kappa shape index (κ2) is 8.93. The van der Waals surface area contributed by atoms with Crippen molar-refractivity contribution in [2.24, 2.45) is 0 Å². The van der Waals surface area contributed by atoms with E-state index in [1.54, 1.807) is 16.2 Å². The molecule has 2 aromatic carbocycles. The lowest BCUT2D eigenvalue weighted by molar-refractivity contribution is 0.0985. The van der Waals surface area contributed by atoms with Gasteiger partial charge in [0.25, 0.3) is 5.91 Å². The molecule has 0 atom stereocenters. The normalized spacial score (nSPS) is 11.4. The molecule has 1 aromatic heterocycles. The van der Waals surface area contributed by atoms with Crippen molar-refractivity contribution >= 4 is 32.6 Å². The topological polar surface area (TPSA) is 45.7 Å². The summed E-state index contributed by atoms with van der Waals surface area (Å²) >= 11 is 1.57. The molecule has 5 nitrogen and oxygen atoms in total. The first kappa shape index (κ1) is 21.3. The predicted octanol–water partition coefficient (Wildman–Crippen LogP) is 4.91. The van der Waals surface area contributed by atoms with E-state index in [0.29, 0.717) is 12.1 Å². The van der Waals surface area contributed by atoms with Crippen LogP contribution in [-0.2, 0) is 0 Å². The summed E-state index contributed by atoms with van der Waals surface area (Å²) in [7, 11) is 4.01. The fraction of sp³-hybridized carbons (Fsp3) is 0.391. The monoisotopic (exact) mass is 411 g/mol. The van der Waals surface area contributed by atoms with Gasteiger partial charge in [0.2, 0.25) is 0 Å². The Morgan fingerprint density at radius 1 is 1.10 bits per heavy atom. The average Bonchev–Trinajstić information content (AvgIpc) is 3.05. The SMILES string of the molecule is Cc1cc(C)c2nc(N(CCN(C)C)C(=O)c3ccc(OC(C)C)cc3)sc2c1. The number of amides is 1. The van der Waals surface area contributed by atoms with Gasteiger partial charge in [0.1, 0.15) is 5.75 Å². The molecule has 29 heavy (non-hydrogen) atoms. The zero-order valence-corrected chi connectivity index (χ0v) is 18.8. The van der Waals surface area contributed by atoms with Gasteiger partial charge in [0.05, 0.1) is 16.3 Å². The first-order valence-corrected chi connectivity index (χ1v) is 10.7. The molecule has 0 aliphatic carbocycles. The molecule has 0 radical (unpaired) electrons. The van der Waals surface area contributed by atoms with Crippen LogP contribution in [0.25, 0.3) is 10.2 Å². The molecule has 0 saturated heterocycles. The van der Waals surface area contributed by atoms with Gasteiger partial charge < -0.3 is 9.64 Å². The summed E-state index contributed by atoms with van der Waals surface area (Å²) in [6.07, 6.45) is 0.0996. The largest absolute Gasteiger partial charge is 0.491 e. The standard InChI is InChI=1S/C23H29N3O2S/c1-15(2)28-19-9-7-18(8-10-19)22(27)26(12-11-25(5)6)23-24-21-17(4)13-16(3)14-20(21)29-23/h7-10,13-15H,11-12H2,1-6H3. The molecule has 0 saturated carbocycles. The molecule has 0 N–H and O–H groups in total. The van der Waals surface area contributed by atoms with Crippen LogP contribution in [0.4, 0.5) is 5.13 Å². The van der Waals surface area contributed by atoms with Crippen LogP contribution in [0.5, 0.6) is 5.75 Å². The zero-order valence-electron chi connectivity index (χ0n) is 18.0. The van der Waals surface area contributed by atoms with Crippen LogP contribution >= 0.6 is 11.3 Å². The summed E-state index contributed by atoms with van der Waals surface area (Å²) in [6, 6.07) is 11.6. The van der Waals surface area contributed by atoms with Crippen molar-refractivity contribution < 1.29 is 9.53 Å². The van der Waals surface area contributed by atoms with Crippen molar-refractivity contribution in [3.63, 3.8) is 0 Å². The maximum Gasteiger partial charge on any atom is 0.260 e. The minimum Gasteiger partial charge on any atom is -0.491 e. The highest BCUT2D eigenvalue weighted by Gasteiger charge is 2.22. The summed E-state index contributed by atoms with van der Waals surface area (Å²) in [6.45, 7) is 9.46. The van der Waals surface area contributed by atoms with E-state index >= 15 is 0 Å². The Hall–Kier alpha value is -2.44. The molecule has 3 aromatic rings. The molecule has 0 fully saturated rings. The van der Waals surface area contributed by atoms with Crippen LogP contribution in [0, 0.1) is 13.8 Å². The highest BCUT2D eigenvalue weighted by atomic mass is 32.1. The van der Waals surface area contributed by atoms with E-state index in [1.165, 1.54) is 5.56 Å². The fourth-order valence-corrected chi connectivity index (χ4v) is 4.33. The van der Waals surface area contributed by atoms with Gasteiger partial charge in [-0.25, -0.2) is 4.98 Å². The average molecular weight is 412 g/mol. The Bertz CT molecular complexity index is 993. The minimum absolute atomic E-state index is 0.0450. The molecule has 0 aliphatic rings. The van der Waals surface area contributed by atoms with Gasteiger partial charge in [-0.15, -0.1) is 0 Å². The van der Waals surface area contributed by atoms with E-state index in [1.807, 2.05) is 52.2 Å². The first-order valence-electron chi connectivity index (χ1n) is 9.85. The van der Waals surface area contributed by atoms with E-state index < -0.39 is 0 Å². The number of aryl methyl sites for hydroxylation is 2. The fourth-order valence-electron chi connectivity index (χ4n) is 3.16. The number of carbonyl (C=O) groups is 1. The van der Waals surface area contributed by atoms with Crippen LogP contribution in [0.15, 0.2) is 36.4 Å². The Labute approximate surface area is 176 Å². The van der Waals surface area contributed by atoms with Crippen LogP contribution in [-0.4, -0.2) is 49.1 Å². The summed E-state index contributed by atoms with van der Waals surface area (Å²) in [4.78, 5) is 22.0.